The third-order valence-corrected chi connectivity index (χ3v) is 6.01. The first-order valence-electron chi connectivity index (χ1n) is 11.7. The summed E-state index contributed by atoms with van der Waals surface area (Å²) in [5.41, 5.74) is 1.25. The Kier molecular flexibility index (Phi) is 8.55. The van der Waals surface area contributed by atoms with Gasteiger partial charge in [0.1, 0.15) is 5.82 Å². The van der Waals surface area contributed by atoms with Crippen molar-refractivity contribution in [3.05, 3.63) is 65.7 Å². The molecule has 3 rings (SSSR count). The minimum atomic E-state index is -0.437. The number of nitrogens with zero attached hydrogens (tertiary/aromatic N) is 2. The molecule has 0 saturated carbocycles. The van der Waals surface area contributed by atoms with Crippen LogP contribution in [-0.4, -0.2) is 47.4 Å². The number of aromatic nitrogens is 1. The Morgan fingerprint density at radius 2 is 1.82 bits per heavy atom. The highest BCUT2D eigenvalue weighted by molar-refractivity contribution is 5.81. The molecule has 178 valence electrons. The molecule has 1 saturated heterocycles. The maximum Gasteiger partial charge on any atom is 0.226 e. The molecule has 1 aromatic heterocycles. The summed E-state index contributed by atoms with van der Waals surface area (Å²) < 4.78 is 13.0. The van der Waals surface area contributed by atoms with Gasteiger partial charge in [-0.05, 0) is 37.0 Å². The first-order valence-corrected chi connectivity index (χ1v) is 11.7. The Labute approximate surface area is 196 Å². The van der Waals surface area contributed by atoms with E-state index in [-0.39, 0.29) is 30.3 Å². The first-order chi connectivity index (χ1) is 15.7. The van der Waals surface area contributed by atoms with Crippen molar-refractivity contribution in [1.29, 1.82) is 0 Å². The summed E-state index contributed by atoms with van der Waals surface area (Å²) in [6.45, 7) is 8.45. The highest BCUT2D eigenvalue weighted by Gasteiger charge is 2.26. The zero-order valence-electron chi connectivity index (χ0n) is 19.8. The molecule has 0 radical (unpaired) electrons. The normalized spacial score (nSPS) is 16.2. The van der Waals surface area contributed by atoms with Crippen molar-refractivity contribution in [3.8, 4) is 0 Å². The maximum atomic E-state index is 13.0. The molecule has 1 aromatic carbocycles. The molecule has 1 atom stereocenters. The van der Waals surface area contributed by atoms with Crippen LogP contribution in [0.25, 0.3) is 0 Å². The van der Waals surface area contributed by atoms with Gasteiger partial charge in [-0.15, -0.1) is 0 Å². The van der Waals surface area contributed by atoms with Gasteiger partial charge < -0.3 is 15.5 Å². The lowest BCUT2D eigenvalue weighted by atomic mass is 9.93. The molecule has 0 bridgehead atoms. The number of hydrogen-bond donors (Lipinski definition) is 2. The van der Waals surface area contributed by atoms with E-state index in [1.54, 1.807) is 6.07 Å². The number of carbonyl (C=O) groups excluding carboxylic acids is 2. The van der Waals surface area contributed by atoms with Gasteiger partial charge in [0.25, 0.3) is 0 Å². The molecule has 2 heterocycles. The summed E-state index contributed by atoms with van der Waals surface area (Å²) in [6.07, 6.45) is 3.89. The number of carbonyl (C=O) groups is 2. The molecule has 1 fully saturated rings. The van der Waals surface area contributed by atoms with E-state index in [1.165, 1.54) is 6.07 Å². The highest BCUT2D eigenvalue weighted by Crippen LogP contribution is 2.22. The molecule has 0 aliphatic carbocycles. The van der Waals surface area contributed by atoms with Crippen LogP contribution in [0.15, 0.2) is 48.7 Å². The number of piperidine rings is 1. The van der Waals surface area contributed by atoms with Crippen molar-refractivity contribution >= 4 is 11.8 Å². The topological polar surface area (TPSA) is 74.3 Å². The van der Waals surface area contributed by atoms with E-state index in [0.717, 1.165) is 50.7 Å². The third-order valence-electron chi connectivity index (χ3n) is 6.01. The number of likely N-dealkylation sites (tertiary alicyclic amines) is 1. The number of rotatable bonds is 8. The zero-order chi connectivity index (χ0) is 23.8. The molecular weight excluding hydrogens is 419 g/mol. The monoisotopic (exact) mass is 454 g/mol. The molecule has 1 aliphatic rings. The number of pyridine rings is 1. The Morgan fingerprint density at radius 3 is 2.42 bits per heavy atom. The second kappa shape index (κ2) is 11.4. The van der Waals surface area contributed by atoms with Gasteiger partial charge in [-0.3, -0.25) is 14.6 Å². The van der Waals surface area contributed by atoms with E-state index < -0.39 is 11.2 Å². The SMILES string of the molecule is CC(C)(C)C(=O)N[C@@H](CCN1CCC(NC(=O)Cc2ccc(F)cn2)CC1)c1ccccc1. The van der Waals surface area contributed by atoms with Gasteiger partial charge in [-0.1, -0.05) is 51.1 Å². The summed E-state index contributed by atoms with van der Waals surface area (Å²) in [4.78, 5) is 31.3. The Balaban J connectivity index is 1.46. The van der Waals surface area contributed by atoms with Gasteiger partial charge in [-0.25, -0.2) is 4.39 Å². The first kappa shape index (κ1) is 24.8. The lowest BCUT2D eigenvalue weighted by Crippen LogP contribution is -2.46. The predicted octanol–water partition coefficient (Wildman–Crippen LogP) is 3.64. The van der Waals surface area contributed by atoms with E-state index in [0.29, 0.717) is 5.69 Å². The summed E-state index contributed by atoms with van der Waals surface area (Å²) in [5, 5.41) is 6.30. The van der Waals surface area contributed by atoms with Crippen LogP contribution >= 0.6 is 0 Å². The molecule has 1 aliphatic heterocycles. The van der Waals surface area contributed by atoms with Crippen LogP contribution in [-0.2, 0) is 16.0 Å². The molecule has 6 nitrogen and oxygen atoms in total. The molecule has 2 aromatic rings. The van der Waals surface area contributed by atoms with E-state index in [1.807, 2.05) is 39.0 Å². The molecule has 0 spiro atoms. The van der Waals surface area contributed by atoms with E-state index in [4.69, 9.17) is 0 Å². The summed E-state index contributed by atoms with van der Waals surface area (Å²) in [5.74, 6) is -0.436. The molecule has 33 heavy (non-hydrogen) atoms. The minimum Gasteiger partial charge on any atom is -0.353 e. The standard InChI is InChI=1S/C26H35FN4O2/c1-26(2,3)25(33)30-23(19-7-5-4-6-8-19)13-16-31-14-11-21(12-15-31)29-24(32)17-22-10-9-20(27)18-28-22/h4-10,18,21,23H,11-17H2,1-3H3,(H,29,32)(H,30,33)/t23-/m0/s1. The number of nitrogens with one attached hydrogen (secondary N) is 2. The number of amides is 2. The Morgan fingerprint density at radius 1 is 1.12 bits per heavy atom. The van der Waals surface area contributed by atoms with Crippen LogP contribution in [0.4, 0.5) is 4.39 Å². The van der Waals surface area contributed by atoms with Crippen molar-refractivity contribution in [2.24, 2.45) is 5.41 Å². The summed E-state index contributed by atoms with van der Waals surface area (Å²) >= 11 is 0. The van der Waals surface area contributed by atoms with Crippen molar-refractivity contribution < 1.29 is 14.0 Å². The second-order valence-electron chi connectivity index (χ2n) is 9.80. The summed E-state index contributed by atoms with van der Waals surface area (Å²) in [7, 11) is 0. The smallest absolute Gasteiger partial charge is 0.226 e. The molecule has 0 unspecified atom stereocenters. The van der Waals surface area contributed by atoms with Crippen molar-refractivity contribution in [2.75, 3.05) is 19.6 Å². The second-order valence-corrected chi connectivity index (χ2v) is 9.80. The largest absolute Gasteiger partial charge is 0.353 e. The van der Waals surface area contributed by atoms with E-state index in [9.17, 15) is 14.0 Å². The fourth-order valence-electron chi connectivity index (χ4n) is 3.95. The van der Waals surface area contributed by atoms with Crippen LogP contribution in [0.5, 0.6) is 0 Å². The molecule has 2 N–H and O–H groups in total. The van der Waals surface area contributed by atoms with Crippen molar-refractivity contribution in [2.45, 2.75) is 58.5 Å². The minimum absolute atomic E-state index is 0.0291. The van der Waals surface area contributed by atoms with Gasteiger partial charge in [0.15, 0.2) is 0 Å². The number of halogens is 1. The maximum absolute atomic E-state index is 13.0. The number of hydrogen-bond acceptors (Lipinski definition) is 4. The Bertz CT molecular complexity index is 904. The summed E-state index contributed by atoms with van der Waals surface area (Å²) in [6, 6.07) is 13.1. The quantitative estimate of drug-likeness (QED) is 0.639. The van der Waals surface area contributed by atoms with Crippen LogP contribution in [0.1, 0.15) is 57.3 Å². The lowest BCUT2D eigenvalue weighted by molar-refractivity contribution is -0.129. The van der Waals surface area contributed by atoms with Gasteiger partial charge >= 0.3 is 0 Å². The van der Waals surface area contributed by atoms with Crippen LogP contribution < -0.4 is 10.6 Å². The van der Waals surface area contributed by atoms with Crippen LogP contribution in [0, 0.1) is 11.2 Å². The highest BCUT2D eigenvalue weighted by atomic mass is 19.1. The van der Waals surface area contributed by atoms with Crippen molar-refractivity contribution in [3.63, 3.8) is 0 Å². The third kappa shape index (κ3) is 7.93. The Hall–Kier alpha value is -2.80. The predicted molar refractivity (Wildman–Crippen MR) is 127 cm³/mol. The lowest BCUT2D eigenvalue weighted by Gasteiger charge is -2.33. The van der Waals surface area contributed by atoms with Gasteiger partial charge in [0.05, 0.1) is 18.7 Å². The average Bonchev–Trinajstić information content (AvgIpc) is 2.79. The fourth-order valence-corrected chi connectivity index (χ4v) is 3.95. The molecule has 7 heteroatoms. The zero-order valence-corrected chi connectivity index (χ0v) is 19.8. The van der Waals surface area contributed by atoms with E-state index >= 15 is 0 Å². The van der Waals surface area contributed by atoms with Gasteiger partial charge in [-0.2, -0.15) is 0 Å². The van der Waals surface area contributed by atoms with E-state index in [2.05, 4.69) is 32.7 Å². The fraction of sp³-hybridized carbons (Fsp3) is 0.500. The number of benzene rings is 1. The van der Waals surface area contributed by atoms with Crippen LogP contribution in [0.2, 0.25) is 0 Å². The molecule has 2 amide bonds. The molecular formula is C26H35FN4O2. The van der Waals surface area contributed by atoms with Crippen LogP contribution in [0.3, 0.4) is 0 Å². The average molecular weight is 455 g/mol. The van der Waals surface area contributed by atoms with Gasteiger partial charge in [0.2, 0.25) is 11.8 Å². The van der Waals surface area contributed by atoms with Crippen molar-refractivity contribution in [1.82, 2.24) is 20.5 Å². The van der Waals surface area contributed by atoms with Gasteiger partial charge in [0, 0.05) is 36.8 Å².